The third-order valence-corrected chi connectivity index (χ3v) is 6.61. The van der Waals surface area contributed by atoms with E-state index < -0.39 is 17.4 Å². The summed E-state index contributed by atoms with van der Waals surface area (Å²) in [6.07, 6.45) is 0. The minimum Gasteiger partial charge on any atom is -0.292 e. The number of likely N-dealkylation sites (tertiary alicyclic amines) is 1. The fraction of sp³-hybridized carbons (Fsp3) is 0.276. The maximum Gasteiger partial charge on any atom is 0.124 e. The maximum atomic E-state index is 15.4. The van der Waals surface area contributed by atoms with Gasteiger partial charge in [-0.25, -0.2) is 8.78 Å². The fourth-order valence-electron chi connectivity index (χ4n) is 5.19. The number of hydrogen-bond donors (Lipinski definition) is 0. The highest BCUT2D eigenvalue weighted by atomic mass is 19.1. The van der Waals surface area contributed by atoms with Crippen molar-refractivity contribution in [2.75, 3.05) is 13.1 Å². The van der Waals surface area contributed by atoms with E-state index in [4.69, 9.17) is 0 Å². The van der Waals surface area contributed by atoms with Gasteiger partial charge in [0.25, 0.3) is 0 Å². The third kappa shape index (κ3) is 5.07. The third-order valence-electron chi connectivity index (χ3n) is 6.61. The molecule has 35 heavy (non-hydrogen) atoms. The first kappa shape index (κ1) is 24.1. The Kier molecular flexibility index (Phi) is 6.65. The molecule has 3 aromatic rings. The first-order valence-corrected chi connectivity index (χ1v) is 11.4. The molecule has 3 aromatic carbocycles. The largest absolute Gasteiger partial charge is 0.292 e. The van der Waals surface area contributed by atoms with Crippen LogP contribution in [-0.2, 0) is 0 Å². The van der Waals surface area contributed by atoms with Crippen LogP contribution in [0.25, 0.3) is 0 Å². The zero-order valence-corrected chi connectivity index (χ0v) is 19.5. The highest BCUT2D eigenvalue weighted by Crippen LogP contribution is 2.45. The van der Waals surface area contributed by atoms with Gasteiger partial charge < -0.3 is 0 Å². The van der Waals surface area contributed by atoms with Crippen LogP contribution in [0.3, 0.4) is 0 Å². The van der Waals surface area contributed by atoms with Gasteiger partial charge in [-0.2, -0.15) is 15.8 Å². The summed E-state index contributed by atoms with van der Waals surface area (Å²) in [5.74, 6) is -1.23. The van der Waals surface area contributed by atoms with Crippen LogP contribution >= 0.6 is 0 Å². The average molecular weight is 467 g/mol. The van der Waals surface area contributed by atoms with Crippen LogP contribution in [0.2, 0.25) is 0 Å². The van der Waals surface area contributed by atoms with Gasteiger partial charge in [-0.05, 0) is 78.9 Å². The summed E-state index contributed by atoms with van der Waals surface area (Å²) in [4.78, 5) is 2.20. The molecule has 1 fully saturated rings. The Bertz CT molecular complexity index is 1350. The lowest BCUT2D eigenvalue weighted by molar-refractivity contribution is 0.00812. The molecule has 4 nitrogen and oxygen atoms in total. The maximum absolute atomic E-state index is 15.4. The van der Waals surface area contributed by atoms with Gasteiger partial charge in [0.2, 0.25) is 0 Å². The number of halogens is 2. The van der Waals surface area contributed by atoms with Gasteiger partial charge in [-0.1, -0.05) is 24.3 Å². The first-order valence-electron chi connectivity index (χ1n) is 11.4. The number of benzene rings is 3. The molecular formula is C29H24F2N4. The van der Waals surface area contributed by atoms with Crippen LogP contribution in [-0.4, -0.2) is 23.7 Å². The first-order chi connectivity index (χ1) is 16.7. The minimum absolute atomic E-state index is 0.0941. The number of nitriles is 3. The van der Waals surface area contributed by atoms with Gasteiger partial charge in [0.15, 0.2) is 0 Å². The average Bonchev–Trinajstić information content (AvgIpc) is 2.81. The van der Waals surface area contributed by atoms with Gasteiger partial charge in [0.05, 0.1) is 40.9 Å². The smallest absolute Gasteiger partial charge is 0.124 e. The van der Waals surface area contributed by atoms with E-state index in [2.05, 4.69) is 17.0 Å². The molecule has 1 aliphatic heterocycles. The minimum atomic E-state index is -1.62. The Balaban J connectivity index is 1.67. The Hall–Kier alpha value is -4.05. The van der Waals surface area contributed by atoms with Gasteiger partial charge >= 0.3 is 0 Å². The van der Waals surface area contributed by atoms with Crippen molar-refractivity contribution < 1.29 is 8.78 Å². The summed E-state index contributed by atoms with van der Waals surface area (Å²) in [7, 11) is 0. The van der Waals surface area contributed by atoms with Crippen molar-refractivity contribution in [3.05, 3.63) is 106 Å². The second kappa shape index (κ2) is 9.67. The molecule has 0 saturated carbocycles. The molecule has 0 spiro atoms. The SMILES string of the molecule is CC(C)(F)[C@@H](c1cc(F)cc(C#N)c1)C1CN(C(c2ccc(C#N)cc2)c2cccc(C#N)c2)C1. The predicted octanol–water partition coefficient (Wildman–Crippen LogP) is 5.99. The number of hydrogen-bond acceptors (Lipinski definition) is 4. The van der Waals surface area contributed by atoms with Crippen molar-refractivity contribution in [2.45, 2.75) is 31.5 Å². The van der Waals surface area contributed by atoms with Crippen molar-refractivity contribution in [3.63, 3.8) is 0 Å². The number of alkyl halides is 1. The topological polar surface area (TPSA) is 74.6 Å². The second-order valence-corrected chi connectivity index (χ2v) is 9.51. The Morgan fingerprint density at radius 2 is 1.43 bits per heavy atom. The van der Waals surface area contributed by atoms with E-state index in [0.717, 1.165) is 17.2 Å². The molecule has 1 unspecified atom stereocenters. The lowest BCUT2D eigenvalue weighted by Crippen LogP contribution is -2.53. The number of rotatable bonds is 6. The van der Waals surface area contributed by atoms with Crippen LogP contribution in [0.15, 0.2) is 66.7 Å². The Labute approximate surface area is 204 Å². The quantitative estimate of drug-likeness (QED) is 0.447. The van der Waals surface area contributed by atoms with Crippen molar-refractivity contribution in [1.82, 2.24) is 4.90 Å². The van der Waals surface area contributed by atoms with E-state index in [1.54, 1.807) is 24.3 Å². The summed E-state index contributed by atoms with van der Waals surface area (Å²) in [6.45, 7) is 4.09. The monoisotopic (exact) mass is 466 g/mol. The molecule has 0 aliphatic carbocycles. The van der Waals surface area contributed by atoms with E-state index in [0.29, 0.717) is 29.8 Å². The molecule has 0 radical (unpaired) electrons. The highest BCUT2D eigenvalue weighted by molar-refractivity contribution is 5.42. The van der Waals surface area contributed by atoms with Crippen LogP contribution in [0.4, 0.5) is 8.78 Å². The highest BCUT2D eigenvalue weighted by Gasteiger charge is 2.45. The van der Waals surface area contributed by atoms with E-state index in [-0.39, 0.29) is 17.5 Å². The normalized spacial score (nSPS) is 15.8. The van der Waals surface area contributed by atoms with Crippen molar-refractivity contribution in [1.29, 1.82) is 15.8 Å². The summed E-state index contributed by atoms with van der Waals surface area (Å²) in [6, 6.07) is 24.8. The van der Waals surface area contributed by atoms with Gasteiger partial charge in [0.1, 0.15) is 11.5 Å². The summed E-state index contributed by atoms with van der Waals surface area (Å²) in [5.41, 5.74) is 2.03. The number of nitrogens with zero attached hydrogens (tertiary/aromatic N) is 4. The molecule has 1 aliphatic rings. The van der Waals surface area contributed by atoms with Crippen molar-refractivity contribution >= 4 is 0 Å². The summed E-state index contributed by atoms with van der Waals surface area (Å²) < 4.78 is 29.6. The molecule has 6 heteroatoms. The van der Waals surface area contributed by atoms with Crippen LogP contribution in [0, 0.1) is 45.7 Å². The molecule has 1 heterocycles. The van der Waals surface area contributed by atoms with E-state index in [1.807, 2.05) is 36.4 Å². The molecule has 0 bridgehead atoms. The summed E-state index contributed by atoms with van der Waals surface area (Å²) >= 11 is 0. The Morgan fingerprint density at radius 3 is 2.03 bits per heavy atom. The van der Waals surface area contributed by atoms with Gasteiger partial charge in [0, 0.05) is 19.0 Å². The zero-order chi connectivity index (χ0) is 25.2. The Morgan fingerprint density at radius 1 is 0.800 bits per heavy atom. The van der Waals surface area contributed by atoms with Gasteiger partial charge in [-0.3, -0.25) is 4.90 Å². The van der Waals surface area contributed by atoms with Crippen LogP contribution in [0.5, 0.6) is 0 Å². The molecule has 0 amide bonds. The van der Waals surface area contributed by atoms with E-state index in [9.17, 15) is 20.2 Å². The lowest BCUT2D eigenvalue weighted by atomic mass is 9.72. The molecular weight excluding hydrogens is 442 g/mol. The fourth-order valence-corrected chi connectivity index (χ4v) is 5.19. The van der Waals surface area contributed by atoms with Gasteiger partial charge in [-0.15, -0.1) is 0 Å². The van der Waals surface area contributed by atoms with E-state index in [1.165, 1.54) is 19.9 Å². The molecule has 1 saturated heterocycles. The molecule has 4 rings (SSSR count). The lowest BCUT2D eigenvalue weighted by Gasteiger charge is -2.50. The standard InChI is InChI=1S/C29H24F2N4/c1-29(2,31)27(24-11-21(16-34)12-26(30)13-24)25-17-35(18-25)28(22-8-6-19(14-32)7-9-22)23-5-3-4-20(10-23)15-33/h3-13,25,27-28H,17-18H2,1-2H3/t27-,28?/m0/s1. The summed E-state index contributed by atoms with van der Waals surface area (Å²) in [5, 5.41) is 27.8. The van der Waals surface area contributed by atoms with Crippen LogP contribution in [0.1, 0.15) is 59.2 Å². The molecule has 0 N–H and O–H groups in total. The van der Waals surface area contributed by atoms with Crippen molar-refractivity contribution in [3.8, 4) is 18.2 Å². The zero-order valence-electron chi connectivity index (χ0n) is 19.5. The second-order valence-electron chi connectivity index (χ2n) is 9.51. The van der Waals surface area contributed by atoms with E-state index >= 15 is 4.39 Å². The molecule has 174 valence electrons. The molecule has 0 aromatic heterocycles. The predicted molar refractivity (Wildman–Crippen MR) is 128 cm³/mol. The van der Waals surface area contributed by atoms with Crippen LogP contribution < -0.4 is 0 Å². The molecule has 2 atom stereocenters. The van der Waals surface area contributed by atoms with Crippen molar-refractivity contribution in [2.24, 2.45) is 5.92 Å².